The number of methoxy groups -OCH3 is 1. The van der Waals surface area contributed by atoms with Crippen molar-refractivity contribution in [2.24, 2.45) is 7.05 Å². The number of fused-ring (bicyclic) bond motifs is 1. The molecule has 4 rings (SSSR count). The van der Waals surface area contributed by atoms with Gasteiger partial charge in [-0.1, -0.05) is 0 Å². The van der Waals surface area contributed by atoms with Crippen LogP contribution in [0.15, 0.2) is 24.3 Å². The molecule has 190 valence electrons. The fourth-order valence-electron chi connectivity index (χ4n) is 4.95. The summed E-state index contributed by atoms with van der Waals surface area (Å²) in [7, 11) is 3.48. The molecule has 2 atom stereocenters. The maximum atomic E-state index is 13.2. The summed E-state index contributed by atoms with van der Waals surface area (Å²) in [4.78, 5) is 44.6. The van der Waals surface area contributed by atoms with Crippen LogP contribution in [-0.4, -0.2) is 118 Å². The predicted octanol–water partition coefficient (Wildman–Crippen LogP) is 1.76. The first-order valence-corrected chi connectivity index (χ1v) is 12.3. The molecule has 35 heavy (non-hydrogen) atoms. The first kappa shape index (κ1) is 25.1. The summed E-state index contributed by atoms with van der Waals surface area (Å²) in [5.74, 6) is 0.902. The number of alkyl halides is 1. The monoisotopic (exact) mass is 505 g/mol. The van der Waals surface area contributed by atoms with E-state index in [9.17, 15) is 19.5 Å². The van der Waals surface area contributed by atoms with Crippen LogP contribution < -0.4 is 4.74 Å². The van der Waals surface area contributed by atoms with Crippen LogP contribution in [0.5, 0.6) is 5.75 Å². The van der Waals surface area contributed by atoms with Gasteiger partial charge in [-0.2, -0.15) is 0 Å². The number of aromatic nitrogens is 1. The number of halogens is 1. The summed E-state index contributed by atoms with van der Waals surface area (Å²) in [6.07, 6.45) is -0.968. The predicted molar refractivity (Wildman–Crippen MR) is 132 cm³/mol. The van der Waals surface area contributed by atoms with Crippen molar-refractivity contribution in [3.63, 3.8) is 0 Å². The second-order valence-electron chi connectivity index (χ2n) is 9.21. The van der Waals surface area contributed by atoms with Gasteiger partial charge in [-0.15, -0.1) is 11.6 Å². The molecule has 2 aliphatic rings. The Labute approximate surface area is 209 Å². The number of piperazine rings is 2. The van der Waals surface area contributed by atoms with Crippen LogP contribution in [0.2, 0.25) is 0 Å². The van der Waals surface area contributed by atoms with E-state index in [0.29, 0.717) is 38.4 Å². The van der Waals surface area contributed by atoms with Gasteiger partial charge in [-0.05, 0) is 25.1 Å². The van der Waals surface area contributed by atoms with Gasteiger partial charge in [-0.25, -0.2) is 4.79 Å². The number of benzene rings is 1. The van der Waals surface area contributed by atoms with E-state index >= 15 is 0 Å². The molecule has 0 aliphatic carbocycles. The molecule has 2 aliphatic heterocycles. The van der Waals surface area contributed by atoms with Gasteiger partial charge in [0.1, 0.15) is 11.4 Å². The third-order valence-electron chi connectivity index (χ3n) is 7.11. The maximum absolute atomic E-state index is 13.2. The lowest BCUT2D eigenvalue weighted by atomic mass is 10.1. The van der Waals surface area contributed by atoms with E-state index in [4.69, 9.17) is 16.3 Å². The summed E-state index contributed by atoms with van der Waals surface area (Å²) in [6.45, 7) is 4.59. The van der Waals surface area contributed by atoms with Gasteiger partial charge < -0.3 is 29.1 Å². The Kier molecular flexibility index (Phi) is 7.42. The van der Waals surface area contributed by atoms with Crippen molar-refractivity contribution in [1.29, 1.82) is 0 Å². The molecule has 2 unspecified atom stereocenters. The zero-order valence-corrected chi connectivity index (χ0v) is 21.1. The van der Waals surface area contributed by atoms with Gasteiger partial charge >= 0.3 is 6.09 Å². The van der Waals surface area contributed by atoms with Crippen LogP contribution in [0.4, 0.5) is 4.79 Å². The van der Waals surface area contributed by atoms with E-state index in [1.807, 2.05) is 47.7 Å². The summed E-state index contributed by atoms with van der Waals surface area (Å²) >= 11 is 6.09. The number of carboxylic acid groups (broad SMARTS) is 1. The van der Waals surface area contributed by atoms with Gasteiger partial charge in [-0.3, -0.25) is 14.5 Å². The Hall–Kier alpha value is -2.98. The van der Waals surface area contributed by atoms with Crippen molar-refractivity contribution >= 4 is 40.4 Å². The van der Waals surface area contributed by atoms with Crippen LogP contribution >= 0.6 is 11.6 Å². The first-order chi connectivity index (χ1) is 16.7. The van der Waals surface area contributed by atoms with Crippen LogP contribution in [-0.2, 0) is 11.8 Å². The number of amides is 3. The quantitative estimate of drug-likeness (QED) is 0.622. The third-order valence-corrected chi connectivity index (χ3v) is 7.46. The molecular formula is C24H32ClN5O5. The molecule has 3 amide bonds. The maximum Gasteiger partial charge on any atom is 0.407 e. The zero-order chi connectivity index (χ0) is 25.3. The molecule has 0 spiro atoms. The highest BCUT2D eigenvalue weighted by atomic mass is 35.5. The summed E-state index contributed by atoms with van der Waals surface area (Å²) in [5, 5.41) is 10.3. The summed E-state index contributed by atoms with van der Waals surface area (Å²) in [5.41, 5.74) is 1.52. The average Bonchev–Trinajstić information content (AvgIpc) is 3.19. The second kappa shape index (κ2) is 10.3. The molecule has 1 N–H and O–H groups in total. The lowest BCUT2D eigenvalue weighted by Gasteiger charge is -2.44. The number of carbonyl (C=O) groups is 3. The van der Waals surface area contributed by atoms with Gasteiger partial charge in [0.05, 0.1) is 19.2 Å². The minimum atomic E-state index is -0.968. The van der Waals surface area contributed by atoms with Crippen LogP contribution in [0.3, 0.4) is 0 Å². The topological polar surface area (TPSA) is 98.6 Å². The molecule has 0 bridgehead atoms. The number of carbonyl (C=O) groups excluding carboxylic acids is 2. The van der Waals surface area contributed by atoms with E-state index in [-0.39, 0.29) is 42.9 Å². The van der Waals surface area contributed by atoms with Crippen molar-refractivity contribution < 1.29 is 24.2 Å². The minimum absolute atomic E-state index is 0.0279. The van der Waals surface area contributed by atoms with Gasteiger partial charge in [0.2, 0.25) is 5.91 Å². The molecule has 0 saturated carbocycles. The lowest BCUT2D eigenvalue weighted by Crippen LogP contribution is -2.61. The number of ether oxygens (including phenoxy) is 1. The molecule has 10 nitrogen and oxygen atoms in total. The average molecular weight is 506 g/mol. The molecule has 3 heterocycles. The third kappa shape index (κ3) is 5.04. The molecule has 1 aromatic heterocycles. The van der Waals surface area contributed by atoms with E-state index < -0.39 is 6.09 Å². The van der Waals surface area contributed by atoms with Crippen molar-refractivity contribution in [3.05, 3.63) is 30.0 Å². The van der Waals surface area contributed by atoms with Crippen molar-refractivity contribution in [2.45, 2.75) is 19.0 Å². The fraction of sp³-hybridized carbons (Fsp3) is 0.542. The standard InChI is InChI=1S/C24H32ClN5O5/c1-16-13-29(18(12-25)14-30(16)24(33)34)15-22(31)27-6-8-28(9-7-27)23(32)21-10-17-4-5-19(35-3)11-20(17)26(21)2/h4-5,10-11,16,18H,6-9,12-15H2,1-3H3,(H,33,34). The lowest BCUT2D eigenvalue weighted by molar-refractivity contribution is -0.135. The fourth-order valence-corrected chi connectivity index (χ4v) is 5.25. The van der Waals surface area contributed by atoms with E-state index in [0.717, 1.165) is 16.7 Å². The van der Waals surface area contributed by atoms with Gasteiger partial charge in [0, 0.05) is 75.7 Å². The van der Waals surface area contributed by atoms with Crippen LogP contribution in [0, 0.1) is 0 Å². The molecular weight excluding hydrogens is 474 g/mol. The highest BCUT2D eigenvalue weighted by molar-refractivity contribution is 6.18. The molecule has 2 saturated heterocycles. The molecule has 1 aromatic carbocycles. The highest BCUT2D eigenvalue weighted by Gasteiger charge is 2.36. The molecule has 11 heteroatoms. The normalized spacial score (nSPS) is 21.4. The smallest absolute Gasteiger partial charge is 0.407 e. The van der Waals surface area contributed by atoms with Crippen molar-refractivity contribution in [1.82, 2.24) is 24.2 Å². The number of rotatable bonds is 5. The molecule has 2 fully saturated rings. The van der Waals surface area contributed by atoms with E-state index in [1.165, 1.54) is 4.90 Å². The Morgan fingerprint density at radius 3 is 2.40 bits per heavy atom. The van der Waals surface area contributed by atoms with E-state index in [1.54, 1.807) is 16.9 Å². The summed E-state index contributed by atoms with van der Waals surface area (Å²) < 4.78 is 7.18. The Morgan fingerprint density at radius 1 is 1.09 bits per heavy atom. The second-order valence-corrected chi connectivity index (χ2v) is 9.52. The highest BCUT2D eigenvalue weighted by Crippen LogP contribution is 2.25. The largest absolute Gasteiger partial charge is 0.497 e. The number of nitrogens with zero attached hydrogens (tertiary/aromatic N) is 5. The number of aryl methyl sites for hydroxylation is 1. The zero-order valence-electron chi connectivity index (χ0n) is 20.3. The first-order valence-electron chi connectivity index (χ1n) is 11.7. The van der Waals surface area contributed by atoms with Crippen molar-refractivity contribution in [2.75, 3.05) is 58.8 Å². The molecule has 0 radical (unpaired) electrons. The number of hydrogen-bond donors (Lipinski definition) is 1. The van der Waals surface area contributed by atoms with Crippen molar-refractivity contribution in [3.8, 4) is 5.75 Å². The molecule has 2 aromatic rings. The van der Waals surface area contributed by atoms with Gasteiger partial charge in [0.15, 0.2) is 0 Å². The van der Waals surface area contributed by atoms with E-state index in [2.05, 4.69) is 0 Å². The van der Waals surface area contributed by atoms with Crippen LogP contribution in [0.1, 0.15) is 17.4 Å². The van der Waals surface area contributed by atoms with Crippen LogP contribution in [0.25, 0.3) is 10.9 Å². The summed E-state index contributed by atoms with van der Waals surface area (Å²) in [6, 6.07) is 7.19. The Balaban J connectivity index is 1.36. The number of hydrogen-bond acceptors (Lipinski definition) is 5. The Morgan fingerprint density at radius 2 is 1.77 bits per heavy atom. The Bertz CT molecular complexity index is 1110. The van der Waals surface area contributed by atoms with Gasteiger partial charge in [0.25, 0.3) is 5.91 Å². The minimum Gasteiger partial charge on any atom is -0.497 e. The SMILES string of the molecule is COc1ccc2cc(C(=O)N3CCN(C(=O)CN4CC(C)N(C(=O)O)CC4CCl)CC3)n(C)c2c1.